The van der Waals surface area contributed by atoms with Crippen LogP contribution in [0.5, 0.6) is 0 Å². The Hall–Kier alpha value is -0.180. The van der Waals surface area contributed by atoms with Crippen molar-refractivity contribution >= 4 is 69.3 Å². The van der Waals surface area contributed by atoms with Crippen molar-refractivity contribution < 1.29 is 4.79 Å². The van der Waals surface area contributed by atoms with Crippen LogP contribution >= 0.6 is 63.4 Å². The number of aromatic nitrogens is 1. The second-order valence-electron chi connectivity index (χ2n) is 3.78. The summed E-state index contributed by atoms with van der Waals surface area (Å²) in [5.74, 6) is -0.175. The molecule has 0 saturated heterocycles. The highest BCUT2D eigenvalue weighted by atomic mass is 79.9. The van der Waals surface area contributed by atoms with E-state index in [4.69, 9.17) is 5.73 Å². The number of thiazole rings is 1. The lowest BCUT2D eigenvalue weighted by Crippen LogP contribution is -2.37. The topological polar surface area (TPSA) is 68.0 Å². The van der Waals surface area contributed by atoms with E-state index in [1.165, 1.54) is 11.3 Å². The Morgan fingerprint density at radius 1 is 1.45 bits per heavy atom. The number of carbonyl (C=O) groups excluding carboxylic acids is 1. The first-order valence-corrected chi connectivity index (χ1v) is 7.86. The van der Waals surface area contributed by atoms with Gasteiger partial charge in [-0.1, -0.05) is 0 Å². The van der Waals surface area contributed by atoms with Gasteiger partial charge in [-0.15, -0.1) is 47.5 Å². The Kier molecular flexibility index (Phi) is 8.88. The fourth-order valence-electron chi connectivity index (χ4n) is 1.27. The van der Waals surface area contributed by atoms with Crippen LogP contribution < -0.4 is 11.1 Å². The predicted octanol–water partition coefficient (Wildman–Crippen LogP) is 3.55. The molecule has 20 heavy (non-hydrogen) atoms. The number of thiophene rings is 1. The van der Waals surface area contributed by atoms with Gasteiger partial charge >= 0.3 is 0 Å². The van der Waals surface area contributed by atoms with Gasteiger partial charge in [0.2, 0.25) is 0 Å². The van der Waals surface area contributed by atoms with Gasteiger partial charge in [0.1, 0.15) is 10.7 Å². The number of nitrogens with two attached hydrogens (primary N) is 1. The SMILES string of the molecule is C[C@@H](CN)NC(=O)c1csc(-c2cc(Br)cs2)n1.Cl.Cl. The van der Waals surface area contributed by atoms with E-state index in [-0.39, 0.29) is 36.8 Å². The van der Waals surface area contributed by atoms with Crippen molar-refractivity contribution in [3.05, 3.63) is 27.0 Å². The molecule has 1 atom stereocenters. The summed E-state index contributed by atoms with van der Waals surface area (Å²) in [6.07, 6.45) is 0. The second-order valence-corrected chi connectivity index (χ2v) is 6.46. The predicted molar refractivity (Wildman–Crippen MR) is 93.6 cm³/mol. The van der Waals surface area contributed by atoms with Crippen molar-refractivity contribution in [3.8, 4) is 9.88 Å². The molecule has 2 heterocycles. The van der Waals surface area contributed by atoms with Crippen LogP contribution in [0, 0.1) is 0 Å². The molecule has 0 aromatic carbocycles. The van der Waals surface area contributed by atoms with Gasteiger partial charge in [-0.3, -0.25) is 4.79 Å². The highest BCUT2D eigenvalue weighted by Gasteiger charge is 2.14. The molecule has 0 aliphatic rings. The van der Waals surface area contributed by atoms with Crippen LogP contribution in [-0.2, 0) is 0 Å². The summed E-state index contributed by atoms with van der Waals surface area (Å²) in [5.41, 5.74) is 5.91. The molecule has 4 nitrogen and oxygen atoms in total. The average Bonchev–Trinajstić information content (AvgIpc) is 2.96. The van der Waals surface area contributed by atoms with Crippen LogP contribution in [0.3, 0.4) is 0 Å². The van der Waals surface area contributed by atoms with Crippen LogP contribution in [0.1, 0.15) is 17.4 Å². The molecule has 2 aromatic heterocycles. The first-order valence-electron chi connectivity index (χ1n) is 5.31. The molecule has 0 spiro atoms. The minimum absolute atomic E-state index is 0. The molecule has 0 aliphatic carbocycles. The van der Waals surface area contributed by atoms with E-state index in [9.17, 15) is 4.79 Å². The number of halogens is 3. The van der Waals surface area contributed by atoms with Crippen LogP contribution in [0.15, 0.2) is 21.3 Å². The minimum atomic E-state index is -0.175. The van der Waals surface area contributed by atoms with Gasteiger partial charge in [-0.25, -0.2) is 4.98 Å². The monoisotopic (exact) mass is 417 g/mol. The molecule has 3 N–H and O–H groups in total. The molecule has 0 unspecified atom stereocenters. The average molecular weight is 419 g/mol. The van der Waals surface area contributed by atoms with Crippen molar-refractivity contribution in [1.29, 1.82) is 0 Å². The highest BCUT2D eigenvalue weighted by molar-refractivity contribution is 9.10. The molecular formula is C11H14BrCl2N3OS2. The van der Waals surface area contributed by atoms with E-state index in [0.717, 1.165) is 14.4 Å². The lowest BCUT2D eigenvalue weighted by Gasteiger charge is -2.09. The Bertz CT molecular complexity index is 561. The first-order chi connectivity index (χ1) is 8.60. The summed E-state index contributed by atoms with van der Waals surface area (Å²) in [6, 6.07) is 1.95. The van der Waals surface area contributed by atoms with Crippen LogP contribution in [0.25, 0.3) is 9.88 Å². The number of amides is 1. The van der Waals surface area contributed by atoms with Crippen molar-refractivity contribution in [2.45, 2.75) is 13.0 Å². The zero-order valence-electron chi connectivity index (χ0n) is 10.5. The number of nitrogens with one attached hydrogen (secondary N) is 1. The maximum Gasteiger partial charge on any atom is 0.271 e. The molecule has 0 fully saturated rings. The Morgan fingerprint density at radius 2 is 2.15 bits per heavy atom. The summed E-state index contributed by atoms with van der Waals surface area (Å²) >= 11 is 6.46. The van der Waals surface area contributed by atoms with Crippen molar-refractivity contribution in [1.82, 2.24) is 10.3 Å². The largest absolute Gasteiger partial charge is 0.347 e. The molecule has 0 saturated carbocycles. The lowest BCUT2D eigenvalue weighted by atomic mass is 10.3. The van der Waals surface area contributed by atoms with Crippen molar-refractivity contribution in [3.63, 3.8) is 0 Å². The fraction of sp³-hybridized carbons (Fsp3) is 0.273. The van der Waals surface area contributed by atoms with Gasteiger partial charge < -0.3 is 11.1 Å². The van der Waals surface area contributed by atoms with Gasteiger partial charge in [0.05, 0.1) is 4.88 Å². The van der Waals surface area contributed by atoms with Crippen molar-refractivity contribution in [2.75, 3.05) is 6.54 Å². The summed E-state index contributed by atoms with van der Waals surface area (Å²) < 4.78 is 1.03. The first kappa shape index (κ1) is 19.8. The van der Waals surface area contributed by atoms with Crippen molar-refractivity contribution in [2.24, 2.45) is 5.73 Å². The van der Waals surface area contributed by atoms with E-state index < -0.39 is 0 Å². The molecule has 9 heteroatoms. The molecule has 2 rings (SSSR count). The van der Waals surface area contributed by atoms with Gasteiger partial charge in [0.15, 0.2) is 0 Å². The van der Waals surface area contributed by atoms with E-state index in [1.54, 1.807) is 16.7 Å². The number of carbonyl (C=O) groups is 1. The maximum absolute atomic E-state index is 11.8. The smallest absolute Gasteiger partial charge is 0.271 e. The molecule has 0 aliphatic heterocycles. The summed E-state index contributed by atoms with van der Waals surface area (Å²) in [4.78, 5) is 17.2. The Morgan fingerprint density at radius 3 is 2.70 bits per heavy atom. The van der Waals surface area contributed by atoms with Crippen LogP contribution in [0.2, 0.25) is 0 Å². The standard InChI is InChI=1S/C11H12BrN3OS2.2ClH/c1-6(3-13)14-10(16)8-5-18-11(15-8)9-2-7(12)4-17-9;;/h2,4-6H,3,13H2,1H3,(H,14,16);2*1H/t6-;;/m0../s1. The second kappa shape index (κ2) is 8.96. The maximum atomic E-state index is 11.8. The number of nitrogens with zero attached hydrogens (tertiary/aromatic N) is 1. The Balaban J connectivity index is 0.00000180. The third-order valence-corrected chi connectivity index (χ3v) is 4.95. The minimum Gasteiger partial charge on any atom is -0.347 e. The summed E-state index contributed by atoms with van der Waals surface area (Å²) in [7, 11) is 0. The highest BCUT2D eigenvalue weighted by Crippen LogP contribution is 2.31. The molecular weight excluding hydrogens is 405 g/mol. The summed E-state index contributed by atoms with van der Waals surface area (Å²) in [5, 5.41) is 7.41. The van der Waals surface area contributed by atoms with Crippen LogP contribution in [-0.4, -0.2) is 23.5 Å². The third-order valence-electron chi connectivity index (χ3n) is 2.25. The quantitative estimate of drug-likeness (QED) is 0.797. The van der Waals surface area contributed by atoms with Gasteiger partial charge in [0.25, 0.3) is 5.91 Å². The lowest BCUT2D eigenvalue weighted by molar-refractivity contribution is 0.0937. The van der Waals surface area contributed by atoms with Gasteiger partial charge in [0, 0.05) is 27.8 Å². The zero-order valence-corrected chi connectivity index (χ0v) is 15.3. The van der Waals surface area contributed by atoms with Gasteiger partial charge in [-0.2, -0.15) is 0 Å². The third kappa shape index (κ3) is 4.98. The van der Waals surface area contributed by atoms with E-state index in [2.05, 4.69) is 26.2 Å². The molecule has 0 bridgehead atoms. The zero-order chi connectivity index (χ0) is 13.1. The number of hydrogen-bond acceptors (Lipinski definition) is 5. The number of hydrogen-bond donors (Lipinski definition) is 2. The summed E-state index contributed by atoms with van der Waals surface area (Å²) in [6.45, 7) is 2.28. The van der Waals surface area contributed by atoms with Gasteiger partial charge in [-0.05, 0) is 28.9 Å². The molecule has 1 amide bonds. The molecule has 0 radical (unpaired) electrons. The van der Waals surface area contributed by atoms with Crippen LogP contribution in [0.4, 0.5) is 0 Å². The van der Waals surface area contributed by atoms with E-state index in [1.807, 2.05) is 18.4 Å². The number of rotatable bonds is 4. The normalized spacial score (nSPS) is 11.2. The van der Waals surface area contributed by atoms with E-state index in [0.29, 0.717) is 12.2 Å². The molecule has 112 valence electrons. The molecule has 2 aromatic rings. The van der Waals surface area contributed by atoms with E-state index >= 15 is 0 Å². The Labute approximate surface area is 146 Å². The fourth-order valence-corrected chi connectivity index (χ4v) is 3.58.